The van der Waals surface area contributed by atoms with Crippen LogP contribution in [0.15, 0.2) is 15.8 Å². The molecule has 0 aromatic carbocycles. The molecule has 0 saturated heterocycles. The van der Waals surface area contributed by atoms with Crippen LogP contribution in [0.1, 0.15) is 103 Å². The van der Waals surface area contributed by atoms with Crippen LogP contribution in [0.2, 0.25) is 0 Å². The molecule has 1 aromatic heterocycles. The quantitative estimate of drug-likeness (QED) is 0.362. The number of hydrogen-bond acceptors (Lipinski definition) is 4. The molecule has 6 nitrogen and oxygen atoms in total. The summed E-state index contributed by atoms with van der Waals surface area (Å²) < 4.78 is 18.5. The maximum Gasteiger partial charge on any atom is 0.422 e. The average Bonchev–Trinajstić information content (AvgIpc) is 2.70. The minimum absolute atomic E-state index is 0.171. The molecule has 0 amide bonds. The zero-order valence-electron chi connectivity index (χ0n) is 17.8. The topological polar surface area (TPSA) is 81.2 Å². The van der Waals surface area contributed by atoms with Crippen molar-refractivity contribution in [3.05, 3.63) is 32.9 Å². The Morgan fingerprint density at radius 2 is 1.31 bits per heavy atom. The summed E-state index contributed by atoms with van der Waals surface area (Å²) in [5.74, 6) is -1.20. The molecule has 166 valence electrons. The molecule has 1 aromatic rings. The van der Waals surface area contributed by atoms with Crippen molar-refractivity contribution in [3.8, 4) is 0 Å². The Hall–Kier alpha value is -1.92. The normalized spacial score (nSPS) is 11.0. The number of aromatic amines is 1. The summed E-state index contributed by atoms with van der Waals surface area (Å²) >= 11 is 0. The first-order chi connectivity index (χ1) is 14.1. The van der Waals surface area contributed by atoms with Crippen LogP contribution >= 0.6 is 0 Å². The van der Waals surface area contributed by atoms with E-state index in [0.717, 1.165) is 12.8 Å². The van der Waals surface area contributed by atoms with Crippen LogP contribution in [-0.2, 0) is 4.74 Å². The van der Waals surface area contributed by atoms with Crippen LogP contribution in [0, 0.1) is 5.82 Å². The van der Waals surface area contributed by atoms with Gasteiger partial charge in [0.1, 0.15) is 0 Å². The Morgan fingerprint density at radius 1 is 0.862 bits per heavy atom. The van der Waals surface area contributed by atoms with E-state index in [-0.39, 0.29) is 6.61 Å². The molecule has 29 heavy (non-hydrogen) atoms. The highest BCUT2D eigenvalue weighted by Gasteiger charge is 2.11. The first-order valence-electron chi connectivity index (χ1n) is 11.2. The van der Waals surface area contributed by atoms with Crippen molar-refractivity contribution in [1.82, 2.24) is 9.55 Å². The number of H-pyrrole nitrogens is 1. The van der Waals surface area contributed by atoms with Gasteiger partial charge in [-0.25, -0.2) is 14.2 Å². The fourth-order valence-corrected chi connectivity index (χ4v) is 3.29. The van der Waals surface area contributed by atoms with Crippen molar-refractivity contribution in [2.75, 3.05) is 6.61 Å². The van der Waals surface area contributed by atoms with Gasteiger partial charge in [0.2, 0.25) is 5.82 Å². The second-order valence-corrected chi connectivity index (χ2v) is 7.67. The molecule has 0 aliphatic carbocycles. The molecule has 0 radical (unpaired) electrons. The van der Waals surface area contributed by atoms with Crippen LogP contribution in [-0.4, -0.2) is 22.3 Å². The van der Waals surface area contributed by atoms with Gasteiger partial charge >= 0.3 is 11.8 Å². The largest absolute Gasteiger partial charge is 0.449 e. The third-order valence-electron chi connectivity index (χ3n) is 5.07. The highest BCUT2D eigenvalue weighted by molar-refractivity contribution is 5.69. The molecule has 0 aliphatic heterocycles. The summed E-state index contributed by atoms with van der Waals surface area (Å²) in [6.07, 6.45) is 18.2. The summed E-state index contributed by atoms with van der Waals surface area (Å²) in [6, 6.07) is 0. The number of nitrogens with one attached hydrogen (secondary N) is 1. The number of ether oxygens (including phenoxy) is 1. The van der Waals surface area contributed by atoms with Crippen molar-refractivity contribution in [2.24, 2.45) is 0 Å². The van der Waals surface area contributed by atoms with Gasteiger partial charge in [-0.15, -0.1) is 0 Å². The van der Waals surface area contributed by atoms with Gasteiger partial charge in [0.15, 0.2) is 0 Å². The van der Waals surface area contributed by atoms with Gasteiger partial charge in [0, 0.05) is 0 Å². The highest BCUT2D eigenvalue weighted by atomic mass is 19.1. The van der Waals surface area contributed by atoms with Crippen LogP contribution in [0.3, 0.4) is 0 Å². The van der Waals surface area contributed by atoms with Gasteiger partial charge in [-0.2, -0.15) is 4.39 Å². The van der Waals surface area contributed by atoms with Crippen molar-refractivity contribution >= 4 is 6.09 Å². The zero-order valence-corrected chi connectivity index (χ0v) is 17.8. The number of carbonyl (C=O) groups is 1. The highest BCUT2D eigenvalue weighted by Crippen LogP contribution is 2.13. The van der Waals surface area contributed by atoms with Crippen molar-refractivity contribution in [3.63, 3.8) is 0 Å². The first kappa shape index (κ1) is 25.1. The van der Waals surface area contributed by atoms with Crippen molar-refractivity contribution in [1.29, 1.82) is 0 Å². The van der Waals surface area contributed by atoms with E-state index >= 15 is 0 Å². The van der Waals surface area contributed by atoms with E-state index in [1.807, 2.05) is 0 Å². The molecular formula is C22H37FN2O4. The number of hydrogen-bond donors (Lipinski definition) is 1. The van der Waals surface area contributed by atoms with Crippen LogP contribution in [0.5, 0.6) is 0 Å². The van der Waals surface area contributed by atoms with Gasteiger partial charge in [-0.05, 0) is 6.42 Å². The van der Waals surface area contributed by atoms with Gasteiger partial charge in [-0.1, -0.05) is 96.8 Å². The van der Waals surface area contributed by atoms with Crippen LogP contribution in [0.4, 0.5) is 9.18 Å². The van der Waals surface area contributed by atoms with E-state index in [1.165, 1.54) is 77.0 Å². The minimum atomic E-state index is -1.20. The summed E-state index contributed by atoms with van der Waals surface area (Å²) in [6.45, 7) is 2.42. The van der Waals surface area contributed by atoms with Gasteiger partial charge < -0.3 is 4.74 Å². The summed E-state index contributed by atoms with van der Waals surface area (Å²) in [5.41, 5.74) is -2.15. The zero-order chi connectivity index (χ0) is 21.3. The lowest BCUT2D eigenvalue weighted by Gasteiger charge is -2.06. The van der Waals surface area contributed by atoms with E-state index in [4.69, 9.17) is 4.74 Å². The standard InChI is InChI=1S/C22H37FN2O4/c1-2-3-4-5-6-7-8-9-10-11-12-13-14-15-16-17-29-22(28)25-18-19(23)20(26)24-21(25)27/h18H,2-17H2,1H3,(H,24,26,27). The molecule has 1 heterocycles. The molecular weight excluding hydrogens is 375 g/mol. The summed E-state index contributed by atoms with van der Waals surface area (Å²) in [7, 11) is 0. The van der Waals surface area contributed by atoms with Gasteiger partial charge in [0.05, 0.1) is 12.8 Å². The minimum Gasteiger partial charge on any atom is -0.449 e. The van der Waals surface area contributed by atoms with E-state index in [0.29, 0.717) is 17.2 Å². The lowest BCUT2D eigenvalue weighted by atomic mass is 10.0. The average molecular weight is 413 g/mol. The van der Waals surface area contributed by atoms with Crippen molar-refractivity contribution < 1.29 is 13.9 Å². The fraction of sp³-hybridized carbons (Fsp3) is 0.773. The Kier molecular flexibility index (Phi) is 13.8. The molecule has 0 aliphatic rings. The maximum atomic E-state index is 13.1. The monoisotopic (exact) mass is 412 g/mol. The van der Waals surface area contributed by atoms with Crippen LogP contribution < -0.4 is 11.2 Å². The lowest BCUT2D eigenvalue weighted by molar-refractivity contribution is 0.143. The second kappa shape index (κ2) is 15.9. The third-order valence-corrected chi connectivity index (χ3v) is 5.07. The first-order valence-corrected chi connectivity index (χ1v) is 11.2. The van der Waals surface area contributed by atoms with E-state index in [1.54, 1.807) is 4.98 Å². The third kappa shape index (κ3) is 11.6. The lowest BCUT2D eigenvalue weighted by Crippen LogP contribution is -2.35. The molecule has 0 unspecified atom stereocenters. The van der Waals surface area contributed by atoms with Crippen LogP contribution in [0.25, 0.3) is 0 Å². The molecule has 0 fully saturated rings. The molecule has 0 bridgehead atoms. The fourth-order valence-electron chi connectivity index (χ4n) is 3.29. The van der Waals surface area contributed by atoms with E-state index in [9.17, 15) is 18.8 Å². The van der Waals surface area contributed by atoms with Gasteiger partial charge in [0.25, 0.3) is 5.56 Å². The number of halogens is 1. The molecule has 0 spiro atoms. The molecule has 0 saturated carbocycles. The molecule has 1 rings (SSSR count). The summed E-state index contributed by atoms with van der Waals surface area (Å²) in [5, 5.41) is 0. The Morgan fingerprint density at radius 3 is 1.79 bits per heavy atom. The summed E-state index contributed by atoms with van der Waals surface area (Å²) in [4.78, 5) is 35.8. The predicted molar refractivity (Wildman–Crippen MR) is 113 cm³/mol. The number of carbonyl (C=O) groups excluding carboxylic acids is 1. The van der Waals surface area contributed by atoms with Crippen molar-refractivity contribution in [2.45, 2.75) is 103 Å². The Labute approximate surface area is 172 Å². The smallest absolute Gasteiger partial charge is 0.422 e. The SMILES string of the molecule is CCCCCCCCCCCCCCCCCOC(=O)n1cc(F)c(=O)[nH]c1=O. The maximum absolute atomic E-state index is 13.1. The number of rotatable bonds is 16. The Balaban J connectivity index is 1.93. The van der Waals surface area contributed by atoms with E-state index < -0.39 is 23.2 Å². The number of aromatic nitrogens is 2. The molecule has 1 N–H and O–H groups in total. The number of nitrogens with zero attached hydrogens (tertiary/aromatic N) is 1. The predicted octanol–water partition coefficient (Wildman–Crippen LogP) is 5.53. The van der Waals surface area contributed by atoms with Gasteiger partial charge in [-0.3, -0.25) is 9.78 Å². The second-order valence-electron chi connectivity index (χ2n) is 7.67. The Bertz CT molecular complexity index is 684. The number of unbranched alkanes of at least 4 members (excludes halogenated alkanes) is 14. The van der Waals surface area contributed by atoms with E-state index in [2.05, 4.69) is 6.92 Å². The molecule has 0 atom stereocenters. The molecule has 7 heteroatoms.